The molecule has 0 saturated heterocycles. The number of nitrogens with one attached hydrogen (secondary N) is 1. The van der Waals surface area contributed by atoms with Crippen LogP contribution >= 0.6 is 11.3 Å². The SMILES string of the molecule is COc1cccc(OC)c1C(=O)NCCc1csc(-c2ccc(C(F)(F)F)cc2)n1. The summed E-state index contributed by atoms with van der Waals surface area (Å²) in [5.74, 6) is 0.484. The fourth-order valence-electron chi connectivity index (χ4n) is 2.82. The first-order valence-corrected chi connectivity index (χ1v) is 9.82. The predicted octanol–water partition coefficient (Wildman–Crippen LogP) is 4.82. The molecular formula is C21H19F3N2O3S. The van der Waals surface area contributed by atoms with Crippen LogP contribution in [0, 0.1) is 0 Å². The summed E-state index contributed by atoms with van der Waals surface area (Å²) in [6.07, 6.45) is -3.89. The van der Waals surface area contributed by atoms with Crippen LogP contribution in [0.2, 0.25) is 0 Å². The number of carbonyl (C=O) groups is 1. The summed E-state index contributed by atoms with van der Waals surface area (Å²) in [5.41, 5.74) is 0.966. The molecule has 30 heavy (non-hydrogen) atoms. The molecule has 3 rings (SSSR count). The third kappa shape index (κ3) is 4.91. The zero-order valence-corrected chi connectivity index (χ0v) is 17.1. The van der Waals surface area contributed by atoms with Gasteiger partial charge in [-0.25, -0.2) is 4.98 Å². The number of benzene rings is 2. The maximum Gasteiger partial charge on any atom is 0.416 e. The van der Waals surface area contributed by atoms with Gasteiger partial charge in [-0.3, -0.25) is 4.79 Å². The normalized spacial score (nSPS) is 11.2. The minimum atomic E-state index is -4.37. The van der Waals surface area contributed by atoms with Gasteiger partial charge in [0.05, 0.1) is 25.5 Å². The van der Waals surface area contributed by atoms with Crippen molar-refractivity contribution in [2.75, 3.05) is 20.8 Å². The minimum Gasteiger partial charge on any atom is -0.496 e. The lowest BCUT2D eigenvalue weighted by Crippen LogP contribution is -2.26. The molecule has 0 aliphatic rings. The lowest BCUT2D eigenvalue weighted by molar-refractivity contribution is -0.137. The van der Waals surface area contributed by atoms with Gasteiger partial charge in [0.2, 0.25) is 0 Å². The van der Waals surface area contributed by atoms with E-state index in [1.807, 2.05) is 5.38 Å². The molecule has 0 atom stereocenters. The Balaban J connectivity index is 1.62. The van der Waals surface area contributed by atoms with Crippen LogP contribution in [0.5, 0.6) is 11.5 Å². The van der Waals surface area contributed by atoms with E-state index in [1.54, 1.807) is 18.2 Å². The fraction of sp³-hybridized carbons (Fsp3) is 0.238. The topological polar surface area (TPSA) is 60.5 Å². The van der Waals surface area contributed by atoms with Crippen molar-refractivity contribution in [3.63, 3.8) is 0 Å². The fourth-order valence-corrected chi connectivity index (χ4v) is 3.68. The second-order valence-electron chi connectivity index (χ2n) is 6.26. The average Bonchev–Trinajstić information content (AvgIpc) is 3.21. The zero-order valence-electron chi connectivity index (χ0n) is 16.2. The molecule has 0 bridgehead atoms. The molecule has 0 spiro atoms. The molecule has 1 heterocycles. The van der Waals surface area contributed by atoms with Crippen molar-refractivity contribution in [3.8, 4) is 22.1 Å². The van der Waals surface area contributed by atoms with E-state index in [2.05, 4.69) is 10.3 Å². The van der Waals surface area contributed by atoms with Gasteiger partial charge < -0.3 is 14.8 Å². The second-order valence-corrected chi connectivity index (χ2v) is 7.12. The number of hydrogen-bond donors (Lipinski definition) is 1. The van der Waals surface area contributed by atoms with Gasteiger partial charge in [0.25, 0.3) is 5.91 Å². The van der Waals surface area contributed by atoms with E-state index in [9.17, 15) is 18.0 Å². The Bertz CT molecular complexity index is 995. The highest BCUT2D eigenvalue weighted by atomic mass is 32.1. The number of ether oxygens (including phenoxy) is 2. The number of hydrogen-bond acceptors (Lipinski definition) is 5. The number of nitrogens with zero attached hydrogens (tertiary/aromatic N) is 1. The van der Waals surface area contributed by atoms with E-state index in [0.717, 1.165) is 17.8 Å². The van der Waals surface area contributed by atoms with Gasteiger partial charge in [0.15, 0.2) is 0 Å². The Kier molecular flexibility index (Phi) is 6.61. The van der Waals surface area contributed by atoms with Crippen LogP contribution in [-0.2, 0) is 12.6 Å². The molecule has 0 fully saturated rings. The molecule has 0 aliphatic carbocycles. The monoisotopic (exact) mass is 436 g/mol. The quantitative estimate of drug-likeness (QED) is 0.577. The molecule has 2 aromatic carbocycles. The summed E-state index contributed by atoms with van der Waals surface area (Å²) in [5, 5.41) is 5.25. The number of aromatic nitrogens is 1. The number of amides is 1. The van der Waals surface area contributed by atoms with Crippen LogP contribution in [0.3, 0.4) is 0 Å². The third-order valence-electron chi connectivity index (χ3n) is 4.33. The summed E-state index contributed by atoms with van der Waals surface area (Å²) in [6.45, 7) is 0.330. The van der Waals surface area contributed by atoms with Crippen LogP contribution in [-0.4, -0.2) is 31.7 Å². The molecule has 1 N–H and O–H groups in total. The molecule has 3 aromatic rings. The van der Waals surface area contributed by atoms with Crippen molar-refractivity contribution in [1.29, 1.82) is 0 Å². The van der Waals surface area contributed by atoms with Crippen molar-refractivity contribution < 1.29 is 27.4 Å². The number of halogens is 3. The lowest BCUT2D eigenvalue weighted by Gasteiger charge is -2.12. The average molecular weight is 436 g/mol. The molecule has 0 aliphatic heterocycles. The largest absolute Gasteiger partial charge is 0.496 e. The summed E-state index contributed by atoms with van der Waals surface area (Å²) >= 11 is 1.34. The Morgan fingerprint density at radius 3 is 2.27 bits per heavy atom. The minimum absolute atomic E-state index is 0.311. The van der Waals surface area contributed by atoms with Gasteiger partial charge in [-0.15, -0.1) is 11.3 Å². The smallest absolute Gasteiger partial charge is 0.416 e. The van der Waals surface area contributed by atoms with Crippen molar-refractivity contribution in [2.45, 2.75) is 12.6 Å². The van der Waals surface area contributed by atoms with E-state index in [-0.39, 0.29) is 5.91 Å². The highest BCUT2D eigenvalue weighted by molar-refractivity contribution is 7.13. The van der Waals surface area contributed by atoms with Crippen molar-refractivity contribution >= 4 is 17.2 Å². The Labute approximate surface area is 175 Å². The van der Waals surface area contributed by atoms with Gasteiger partial charge in [-0.05, 0) is 24.3 Å². The van der Waals surface area contributed by atoms with Crippen LogP contribution in [0.4, 0.5) is 13.2 Å². The summed E-state index contributed by atoms with van der Waals surface area (Å²) in [6, 6.07) is 9.96. The first kappa shape index (κ1) is 21.6. The molecule has 1 aromatic heterocycles. The highest BCUT2D eigenvalue weighted by Gasteiger charge is 2.30. The number of carbonyl (C=O) groups excluding carboxylic acids is 1. The molecule has 0 unspecified atom stereocenters. The number of alkyl halides is 3. The molecule has 158 valence electrons. The van der Waals surface area contributed by atoms with Crippen LogP contribution in [0.1, 0.15) is 21.6 Å². The van der Waals surface area contributed by atoms with E-state index in [1.165, 1.54) is 37.7 Å². The van der Waals surface area contributed by atoms with E-state index in [4.69, 9.17) is 9.47 Å². The molecule has 9 heteroatoms. The van der Waals surface area contributed by atoms with Gasteiger partial charge in [-0.1, -0.05) is 18.2 Å². The summed E-state index contributed by atoms with van der Waals surface area (Å²) in [4.78, 5) is 17.0. The van der Waals surface area contributed by atoms with Crippen LogP contribution < -0.4 is 14.8 Å². The van der Waals surface area contributed by atoms with Crippen LogP contribution in [0.15, 0.2) is 47.8 Å². The standard InChI is InChI=1S/C21H19F3N2O3S/c1-28-16-4-3-5-17(29-2)18(16)19(27)25-11-10-15-12-30-20(26-15)13-6-8-14(9-7-13)21(22,23)24/h3-9,12H,10-11H2,1-2H3,(H,25,27). The zero-order chi connectivity index (χ0) is 21.7. The van der Waals surface area contributed by atoms with Crippen LogP contribution in [0.25, 0.3) is 10.6 Å². The summed E-state index contributed by atoms with van der Waals surface area (Å²) in [7, 11) is 2.95. The van der Waals surface area contributed by atoms with Gasteiger partial charge in [0, 0.05) is 23.9 Å². The number of thiazole rings is 1. The molecule has 0 radical (unpaired) electrons. The van der Waals surface area contributed by atoms with Gasteiger partial charge in [0.1, 0.15) is 22.1 Å². The first-order valence-electron chi connectivity index (χ1n) is 8.94. The predicted molar refractivity (Wildman–Crippen MR) is 108 cm³/mol. The van der Waals surface area contributed by atoms with Crippen molar-refractivity contribution in [1.82, 2.24) is 10.3 Å². The molecule has 0 saturated carbocycles. The molecule has 5 nitrogen and oxygen atoms in total. The third-order valence-corrected chi connectivity index (χ3v) is 5.27. The Hall–Kier alpha value is -3.07. The lowest BCUT2D eigenvalue weighted by atomic mass is 10.1. The van der Waals surface area contributed by atoms with Gasteiger partial charge in [-0.2, -0.15) is 13.2 Å². The number of rotatable bonds is 7. The van der Waals surface area contributed by atoms with Gasteiger partial charge >= 0.3 is 6.18 Å². The molecule has 1 amide bonds. The maximum atomic E-state index is 12.7. The molecular weight excluding hydrogens is 417 g/mol. The van der Waals surface area contributed by atoms with Crippen molar-refractivity contribution in [2.24, 2.45) is 0 Å². The van der Waals surface area contributed by atoms with E-state index >= 15 is 0 Å². The second kappa shape index (κ2) is 9.17. The first-order chi connectivity index (χ1) is 14.3. The van der Waals surface area contributed by atoms with E-state index in [0.29, 0.717) is 40.6 Å². The van der Waals surface area contributed by atoms with E-state index < -0.39 is 11.7 Å². The summed E-state index contributed by atoms with van der Waals surface area (Å²) < 4.78 is 48.5. The Morgan fingerprint density at radius 1 is 1.07 bits per heavy atom. The number of methoxy groups -OCH3 is 2. The highest BCUT2D eigenvalue weighted by Crippen LogP contribution is 2.32. The Morgan fingerprint density at radius 2 is 1.70 bits per heavy atom. The maximum absolute atomic E-state index is 12.7. The van der Waals surface area contributed by atoms with Crippen molar-refractivity contribution in [3.05, 3.63) is 64.7 Å².